The van der Waals surface area contributed by atoms with Gasteiger partial charge in [-0.15, -0.1) is 17.0 Å². The van der Waals surface area contributed by atoms with Gasteiger partial charge < -0.3 is 0 Å². The lowest BCUT2D eigenvalue weighted by Crippen LogP contribution is -2.32. The van der Waals surface area contributed by atoms with Crippen LogP contribution >= 0.6 is 40.2 Å². The summed E-state index contributed by atoms with van der Waals surface area (Å²) in [4.78, 5) is 0. The predicted octanol–water partition coefficient (Wildman–Crippen LogP) is 6.96. The van der Waals surface area contributed by atoms with Crippen molar-refractivity contribution in [2.45, 2.75) is 18.4 Å². The van der Waals surface area contributed by atoms with Crippen molar-refractivity contribution in [2.24, 2.45) is 0 Å². The highest BCUT2D eigenvalue weighted by Gasteiger charge is 2.45. The Labute approximate surface area is 199 Å². The quantitative estimate of drug-likeness (QED) is 0.183. The standard InChI is InChI=1S/C27H25BrP.BrH/c1-22-23(20-28)12-11-13-24(22)21-29(25-14-5-2-6-15-25,26-16-7-3-8-17-26)27-18-9-4-10-19-27;/h2-19H,20-21H2,1H3;1H/q+1;. The molecule has 0 nitrogen and oxygen atoms in total. The molecule has 0 amide bonds. The molecular weight excluding hydrogens is 515 g/mol. The van der Waals surface area contributed by atoms with Crippen LogP contribution < -0.4 is 15.9 Å². The lowest BCUT2D eigenvalue weighted by molar-refractivity contribution is 1.23. The van der Waals surface area contributed by atoms with Crippen LogP contribution in [0.5, 0.6) is 0 Å². The second-order valence-corrected chi connectivity index (χ2v) is 11.4. The van der Waals surface area contributed by atoms with Gasteiger partial charge in [-0.25, -0.2) is 0 Å². The topological polar surface area (TPSA) is 0 Å². The van der Waals surface area contributed by atoms with Gasteiger partial charge in [0.2, 0.25) is 0 Å². The van der Waals surface area contributed by atoms with Crippen LogP contribution in [0, 0.1) is 6.92 Å². The van der Waals surface area contributed by atoms with Gasteiger partial charge in [-0.2, -0.15) is 0 Å². The third kappa shape index (κ3) is 4.47. The van der Waals surface area contributed by atoms with Crippen molar-refractivity contribution in [3.63, 3.8) is 0 Å². The number of hydrogen-bond acceptors (Lipinski definition) is 0. The summed E-state index contributed by atoms with van der Waals surface area (Å²) in [6, 6.07) is 40.1. The molecule has 4 aromatic carbocycles. The molecule has 0 fully saturated rings. The van der Waals surface area contributed by atoms with Crippen LogP contribution in [0.2, 0.25) is 0 Å². The second-order valence-electron chi connectivity index (χ2n) is 7.31. The average molecular weight is 541 g/mol. The van der Waals surface area contributed by atoms with E-state index in [9.17, 15) is 0 Å². The van der Waals surface area contributed by atoms with Crippen molar-refractivity contribution in [3.05, 3.63) is 126 Å². The lowest BCUT2D eigenvalue weighted by atomic mass is 10.1. The lowest BCUT2D eigenvalue weighted by Gasteiger charge is -2.28. The third-order valence-corrected chi connectivity index (χ3v) is 10.7. The molecule has 3 heteroatoms. The Morgan fingerprint density at radius 1 is 0.567 bits per heavy atom. The van der Waals surface area contributed by atoms with E-state index in [0.29, 0.717) is 0 Å². The summed E-state index contributed by atoms with van der Waals surface area (Å²) in [5.74, 6) is 0. The van der Waals surface area contributed by atoms with Gasteiger partial charge in [0.1, 0.15) is 23.2 Å². The van der Waals surface area contributed by atoms with Gasteiger partial charge in [0.25, 0.3) is 0 Å². The minimum atomic E-state index is -1.85. The zero-order valence-electron chi connectivity index (χ0n) is 17.0. The van der Waals surface area contributed by atoms with E-state index in [1.165, 1.54) is 32.6 Å². The van der Waals surface area contributed by atoms with Crippen LogP contribution in [0.1, 0.15) is 16.7 Å². The van der Waals surface area contributed by atoms with E-state index in [0.717, 1.165) is 11.5 Å². The summed E-state index contributed by atoms with van der Waals surface area (Å²) in [6.45, 7) is 2.27. The zero-order valence-corrected chi connectivity index (χ0v) is 21.2. The summed E-state index contributed by atoms with van der Waals surface area (Å²) >= 11 is 3.67. The molecule has 0 unspecified atom stereocenters. The Kier molecular flexibility index (Phi) is 8.06. The summed E-state index contributed by atoms with van der Waals surface area (Å²) < 4.78 is 0. The van der Waals surface area contributed by atoms with E-state index in [-0.39, 0.29) is 17.0 Å². The van der Waals surface area contributed by atoms with Crippen molar-refractivity contribution >= 4 is 56.1 Å². The maximum Gasteiger partial charge on any atom is 0.116 e. The Morgan fingerprint density at radius 2 is 0.967 bits per heavy atom. The Morgan fingerprint density at radius 3 is 1.37 bits per heavy atom. The molecule has 0 aliphatic heterocycles. The molecule has 0 saturated heterocycles. The molecule has 0 saturated carbocycles. The van der Waals surface area contributed by atoms with Crippen LogP contribution in [-0.4, -0.2) is 0 Å². The van der Waals surface area contributed by atoms with Crippen LogP contribution in [0.25, 0.3) is 0 Å². The molecule has 0 radical (unpaired) electrons. The predicted molar refractivity (Wildman–Crippen MR) is 143 cm³/mol. The van der Waals surface area contributed by atoms with E-state index in [1.54, 1.807) is 0 Å². The summed E-state index contributed by atoms with van der Waals surface area (Å²) in [5.41, 5.74) is 4.21. The van der Waals surface area contributed by atoms with Gasteiger partial charge >= 0.3 is 0 Å². The maximum atomic E-state index is 3.67. The smallest absolute Gasteiger partial charge is 0.114 e. The van der Waals surface area contributed by atoms with Gasteiger partial charge in [-0.05, 0) is 60.0 Å². The van der Waals surface area contributed by atoms with Crippen LogP contribution in [0.15, 0.2) is 109 Å². The van der Waals surface area contributed by atoms with Crippen molar-refractivity contribution in [1.29, 1.82) is 0 Å². The first-order chi connectivity index (χ1) is 14.3. The highest BCUT2D eigenvalue weighted by Crippen LogP contribution is 2.58. The normalized spacial score (nSPS) is 11.0. The molecule has 0 spiro atoms. The second kappa shape index (κ2) is 10.5. The van der Waals surface area contributed by atoms with E-state index in [2.05, 4.69) is 132 Å². The van der Waals surface area contributed by atoms with Crippen LogP contribution in [0.4, 0.5) is 0 Å². The van der Waals surface area contributed by atoms with Crippen LogP contribution in [0.3, 0.4) is 0 Å². The molecule has 152 valence electrons. The monoisotopic (exact) mass is 539 g/mol. The minimum absolute atomic E-state index is 0. The third-order valence-electron chi connectivity index (χ3n) is 5.70. The van der Waals surface area contributed by atoms with E-state index < -0.39 is 7.26 Å². The Balaban J connectivity index is 0.00000256. The molecule has 0 aliphatic carbocycles. The number of rotatable bonds is 6. The number of hydrogen-bond donors (Lipinski definition) is 0. The maximum absolute atomic E-state index is 3.67. The van der Waals surface area contributed by atoms with E-state index in [4.69, 9.17) is 0 Å². The molecule has 0 atom stereocenters. The molecular formula is C27H26Br2P+. The minimum Gasteiger partial charge on any atom is -0.114 e. The summed E-state index contributed by atoms with van der Waals surface area (Å²) in [6.07, 6.45) is 1.03. The van der Waals surface area contributed by atoms with Gasteiger partial charge in [-0.3, -0.25) is 0 Å². The first kappa shape index (κ1) is 22.9. The summed E-state index contributed by atoms with van der Waals surface area (Å²) in [7, 11) is -1.85. The molecule has 0 N–H and O–H groups in total. The van der Waals surface area contributed by atoms with E-state index in [1.807, 2.05) is 0 Å². The SMILES string of the molecule is Br.Cc1c(CBr)cccc1C[P+](c1ccccc1)(c1ccccc1)c1ccccc1. The Bertz CT molecular complexity index is 967. The van der Waals surface area contributed by atoms with Crippen molar-refractivity contribution < 1.29 is 0 Å². The zero-order chi connectivity index (χ0) is 20.1. The number of halogens is 2. The first-order valence-electron chi connectivity index (χ1n) is 9.94. The van der Waals surface area contributed by atoms with Gasteiger partial charge in [0, 0.05) is 5.33 Å². The van der Waals surface area contributed by atoms with Crippen LogP contribution in [-0.2, 0) is 11.5 Å². The van der Waals surface area contributed by atoms with E-state index >= 15 is 0 Å². The van der Waals surface area contributed by atoms with Crippen molar-refractivity contribution in [1.82, 2.24) is 0 Å². The largest absolute Gasteiger partial charge is 0.116 e. The highest BCUT2D eigenvalue weighted by molar-refractivity contribution is 9.08. The highest BCUT2D eigenvalue weighted by atomic mass is 79.9. The molecule has 0 aromatic heterocycles. The van der Waals surface area contributed by atoms with Gasteiger partial charge in [0.15, 0.2) is 0 Å². The van der Waals surface area contributed by atoms with Gasteiger partial charge in [0.05, 0.1) is 6.16 Å². The van der Waals surface area contributed by atoms with Crippen molar-refractivity contribution in [3.8, 4) is 0 Å². The van der Waals surface area contributed by atoms with Gasteiger partial charge in [-0.1, -0.05) is 88.7 Å². The molecule has 4 aromatic rings. The molecule has 0 heterocycles. The number of alkyl halides is 1. The average Bonchev–Trinajstić information content (AvgIpc) is 2.80. The molecule has 0 bridgehead atoms. The fraction of sp³-hybridized carbons (Fsp3) is 0.111. The van der Waals surface area contributed by atoms with Crippen molar-refractivity contribution in [2.75, 3.05) is 0 Å². The molecule has 30 heavy (non-hydrogen) atoms. The fourth-order valence-corrected chi connectivity index (χ4v) is 9.02. The summed E-state index contributed by atoms with van der Waals surface area (Å²) in [5, 5.41) is 5.18. The number of benzene rings is 4. The molecule has 4 rings (SSSR count). The molecule has 0 aliphatic rings. The Hall–Kier alpha value is -1.73. The fourth-order valence-electron chi connectivity index (χ4n) is 4.08. The first-order valence-corrected chi connectivity index (χ1v) is 13.0.